The van der Waals surface area contributed by atoms with Gasteiger partial charge in [-0.2, -0.15) is 0 Å². The largest absolute Gasteiger partial charge is 0.454 e. The lowest BCUT2D eigenvalue weighted by molar-refractivity contribution is 0.0752. The summed E-state index contributed by atoms with van der Waals surface area (Å²) in [4.78, 5) is 14.8. The van der Waals surface area contributed by atoms with E-state index in [1.165, 1.54) is 12.1 Å². The van der Waals surface area contributed by atoms with Crippen LogP contribution in [-0.4, -0.2) is 32.6 Å². The van der Waals surface area contributed by atoms with Gasteiger partial charge in [-0.25, -0.2) is 13.1 Å². The molecule has 0 saturated heterocycles. The Labute approximate surface area is 187 Å². The molecule has 0 aromatic heterocycles. The van der Waals surface area contributed by atoms with E-state index in [1.54, 1.807) is 17.0 Å². The van der Waals surface area contributed by atoms with Crippen LogP contribution in [0.2, 0.25) is 0 Å². The molecule has 0 aliphatic carbocycles. The molecule has 1 aliphatic heterocycles. The van der Waals surface area contributed by atoms with Gasteiger partial charge in [-0.1, -0.05) is 42.5 Å². The molecule has 1 aliphatic rings. The molecule has 1 heterocycles. The maximum Gasteiger partial charge on any atom is 0.254 e. The topological polar surface area (TPSA) is 84.9 Å². The van der Waals surface area contributed by atoms with Crippen LogP contribution in [0.25, 0.3) is 0 Å². The molecule has 32 heavy (non-hydrogen) atoms. The smallest absolute Gasteiger partial charge is 0.254 e. The Hall–Kier alpha value is -3.36. The van der Waals surface area contributed by atoms with Crippen LogP contribution in [-0.2, 0) is 23.1 Å². The Bertz CT molecular complexity index is 1210. The minimum Gasteiger partial charge on any atom is -0.454 e. The molecule has 0 saturated carbocycles. The minimum atomic E-state index is -3.76. The summed E-state index contributed by atoms with van der Waals surface area (Å²) in [6, 6.07) is 20.9. The van der Waals surface area contributed by atoms with Crippen LogP contribution in [0.1, 0.15) is 28.4 Å². The van der Waals surface area contributed by atoms with Gasteiger partial charge in [0.15, 0.2) is 11.5 Å². The maximum atomic E-state index is 13.1. The van der Waals surface area contributed by atoms with Gasteiger partial charge in [-0.05, 0) is 48.4 Å². The van der Waals surface area contributed by atoms with Crippen molar-refractivity contribution < 1.29 is 22.7 Å². The van der Waals surface area contributed by atoms with E-state index >= 15 is 0 Å². The summed E-state index contributed by atoms with van der Waals surface area (Å²) in [7, 11) is -3.76. The molecule has 0 atom stereocenters. The molecule has 1 N–H and O–H groups in total. The van der Waals surface area contributed by atoms with Gasteiger partial charge in [-0.15, -0.1) is 0 Å². The number of nitrogens with zero attached hydrogens (tertiary/aromatic N) is 1. The van der Waals surface area contributed by atoms with Gasteiger partial charge < -0.3 is 14.4 Å². The maximum absolute atomic E-state index is 13.1. The molecule has 8 heteroatoms. The first-order valence-corrected chi connectivity index (χ1v) is 11.8. The SMILES string of the molecule is CCN(Cc1ccc2c(c1)OCO2)C(=O)c1cccc(S(=O)(=O)NCc2ccccc2)c1. The number of fused-ring (bicyclic) bond motifs is 1. The van der Waals surface area contributed by atoms with Crippen molar-refractivity contribution in [1.29, 1.82) is 0 Å². The van der Waals surface area contributed by atoms with Crippen LogP contribution in [0.5, 0.6) is 11.5 Å². The quantitative estimate of drug-likeness (QED) is 0.565. The average Bonchev–Trinajstić information content (AvgIpc) is 3.29. The summed E-state index contributed by atoms with van der Waals surface area (Å²) in [5.74, 6) is 1.10. The van der Waals surface area contributed by atoms with Crippen LogP contribution in [0, 0.1) is 0 Å². The number of hydrogen-bond donors (Lipinski definition) is 1. The predicted octanol–water partition coefficient (Wildman–Crippen LogP) is 3.56. The van der Waals surface area contributed by atoms with Crippen molar-refractivity contribution in [3.05, 3.63) is 89.5 Å². The minimum absolute atomic E-state index is 0.0541. The fourth-order valence-corrected chi connectivity index (χ4v) is 4.49. The van der Waals surface area contributed by atoms with Gasteiger partial charge in [-0.3, -0.25) is 4.79 Å². The molecule has 7 nitrogen and oxygen atoms in total. The van der Waals surface area contributed by atoms with E-state index in [0.717, 1.165) is 11.1 Å². The van der Waals surface area contributed by atoms with Gasteiger partial charge in [0.05, 0.1) is 4.90 Å². The summed E-state index contributed by atoms with van der Waals surface area (Å²) in [6.07, 6.45) is 0. The number of carbonyl (C=O) groups excluding carboxylic acids is 1. The lowest BCUT2D eigenvalue weighted by atomic mass is 10.1. The van der Waals surface area contributed by atoms with Crippen molar-refractivity contribution in [2.24, 2.45) is 0 Å². The Kier molecular flexibility index (Phi) is 6.43. The molecular weight excluding hydrogens is 428 g/mol. The fraction of sp³-hybridized carbons (Fsp3) is 0.208. The first kappa shape index (κ1) is 21.9. The second-order valence-corrected chi connectivity index (χ2v) is 9.11. The van der Waals surface area contributed by atoms with Gasteiger partial charge in [0.2, 0.25) is 16.8 Å². The summed E-state index contributed by atoms with van der Waals surface area (Å²) >= 11 is 0. The van der Waals surface area contributed by atoms with Crippen molar-refractivity contribution in [2.45, 2.75) is 24.9 Å². The number of ether oxygens (including phenoxy) is 2. The molecule has 0 bridgehead atoms. The van der Waals surface area contributed by atoms with Crippen molar-refractivity contribution in [3.8, 4) is 11.5 Å². The van der Waals surface area contributed by atoms with Gasteiger partial charge in [0.1, 0.15) is 0 Å². The van der Waals surface area contributed by atoms with Gasteiger partial charge >= 0.3 is 0 Å². The lowest BCUT2D eigenvalue weighted by Crippen LogP contribution is -2.30. The number of rotatable bonds is 8. The zero-order chi connectivity index (χ0) is 22.6. The second kappa shape index (κ2) is 9.42. The zero-order valence-electron chi connectivity index (χ0n) is 17.7. The predicted molar refractivity (Wildman–Crippen MR) is 120 cm³/mol. The van der Waals surface area contributed by atoms with Gasteiger partial charge in [0.25, 0.3) is 5.91 Å². The Morgan fingerprint density at radius 1 is 0.938 bits per heavy atom. The van der Waals surface area contributed by atoms with Crippen LogP contribution in [0.4, 0.5) is 0 Å². The molecular formula is C24H24N2O5S. The molecule has 3 aromatic rings. The Balaban J connectivity index is 1.49. The summed E-state index contributed by atoms with van der Waals surface area (Å²) in [5.41, 5.74) is 2.07. The highest BCUT2D eigenvalue weighted by Gasteiger charge is 2.20. The summed E-state index contributed by atoms with van der Waals surface area (Å²) in [6.45, 7) is 3.08. The fourth-order valence-electron chi connectivity index (χ4n) is 3.42. The van der Waals surface area contributed by atoms with E-state index in [9.17, 15) is 13.2 Å². The lowest BCUT2D eigenvalue weighted by Gasteiger charge is -2.21. The van der Waals surface area contributed by atoms with Crippen LogP contribution in [0.3, 0.4) is 0 Å². The number of carbonyl (C=O) groups is 1. The van der Waals surface area contributed by atoms with Crippen molar-refractivity contribution in [1.82, 2.24) is 9.62 Å². The molecule has 0 radical (unpaired) electrons. The van der Waals surface area contributed by atoms with Gasteiger partial charge in [0, 0.05) is 25.2 Å². The molecule has 0 fully saturated rings. The summed E-state index contributed by atoms with van der Waals surface area (Å²) < 4.78 is 38.8. The monoisotopic (exact) mass is 452 g/mol. The van der Waals surface area contributed by atoms with E-state index < -0.39 is 10.0 Å². The number of amides is 1. The van der Waals surface area contributed by atoms with Crippen molar-refractivity contribution in [3.63, 3.8) is 0 Å². The third kappa shape index (κ3) is 4.92. The highest BCUT2D eigenvalue weighted by Crippen LogP contribution is 2.33. The second-order valence-electron chi connectivity index (χ2n) is 7.34. The molecule has 4 rings (SSSR count). The molecule has 1 amide bonds. The first-order valence-electron chi connectivity index (χ1n) is 10.3. The molecule has 3 aromatic carbocycles. The van der Waals surface area contributed by atoms with Crippen LogP contribution < -0.4 is 14.2 Å². The number of benzene rings is 3. The number of hydrogen-bond acceptors (Lipinski definition) is 5. The zero-order valence-corrected chi connectivity index (χ0v) is 18.5. The Morgan fingerprint density at radius 2 is 1.72 bits per heavy atom. The number of sulfonamides is 1. The normalized spacial score (nSPS) is 12.5. The third-order valence-corrected chi connectivity index (χ3v) is 6.58. The Morgan fingerprint density at radius 3 is 2.50 bits per heavy atom. The number of nitrogens with one attached hydrogen (secondary N) is 1. The molecule has 166 valence electrons. The third-order valence-electron chi connectivity index (χ3n) is 5.18. The molecule has 0 unspecified atom stereocenters. The van der Waals surface area contributed by atoms with E-state index in [0.29, 0.717) is 30.2 Å². The van der Waals surface area contributed by atoms with E-state index in [4.69, 9.17) is 9.47 Å². The van der Waals surface area contributed by atoms with E-state index in [2.05, 4.69) is 4.72 Å². The standard InChI is InChI=1S/C24H24N2O5S/c1-2-26(16-19-11-12-22-23(13-19)31-17-30-22)24(27)20-9-6-10-21(14-20)32(28,29)25-15-18-7-4-3-5-8-18/h3-14,25H,2,15-17H2,1H3. The van der Waals surface area contributed by atoms with Crippen molar-refractivity contribution >= 4 is 15.9 Å². The van der Waals surface area contributed by atoms with Crippen LogP contribution in [0.15, 0.2) is 77.7 Å². The molecule has 0 spiro atoms. The average molecular weight is 453 g/mol. The van der Waals surface area contributed by atoms with Crippen molar-refractivity contribution in [2.75, 3.05) is 13.3 Å². The first-order chi connectivity index (χ1) is 15.5. The van der Waals surface area contributed by atoms with E-state index in [-0.39, 0.29) is 24.1 Å². The highest BCUT2D eigenvalue weighted by molar-refractivity contribution is 7.89. The van der Waals surface area contributed by atoms with E-state index in [1.807, 2.05) is 55.5 Å². The van der Waals surface area contributed by atoms with Crippen LogP contribution >= 0.6 is 0 Å². The summed E-state index contributed by atoms with van der Waals surface area (Å²) in [5, 5.41) is 0. The highest BCUT2D eigenvalue weighted by atomic mass is 32.2.